The molecule has 0 spiro atoms. The lowest BCUT2D eigenvalue weighted by atomic mass is 10.1. The number of nitrogens with one attached hydrogen (secondary N) is 3. The van der Waals surface area contributed by atoms with Gasteiger partial charge in [-0.15, -0.1) is 0 Å². The van der Waals surface area contributed by atoms with Crippen LogP contribution >= 0.6 is 11.6 Å². The zero-order valence-corrected chi connectivity index (χ0v) is 20.6. The molecule has 0 aliphatic carbocycles. The molecule has 7 N–H and O–H groups in total. The average molecular weight is 509 g/mol. The van der Waals surface area contributed by atoms with E-state index in [-0.39, 0.29) is 34.4 Å². The van der Waals surface area contributed by atoms with Gasteiger partial charge in [0.2, 0.25) is 15.9 Å². The molecule has 10 nitrogen and oxygen atoms in total. The Morgan fingerprint density at radius 2 is 1.79 bits per heavy atom. The number of benzene rings is 2. The van der Waals surface area contributed by atoms with Gasteiger partial charge < -0.3 is 22.1 Å². The summed E-state index contributed by atoms with van der Waals surface area (Å²) >= 11 is 6.17. The average Bonchev–Trinajstić information content (AvgIpc) is 2.75. The van der Waals surface area contributed by atoms with E-state index in [2.05, 4.69) is 10.6 Å². The smallest absolute Gasteiger partial charge is 0.251 e. The molecule has 0 saturated carbocycles. The quantitative estimate of drug-likeness (QED) is 0.217. The van der Waals surface area contributed by atoms with Gasteiger partial charge in [0.15, 0.2) is 0 Å². The SMILES string of the molecule is CCCS(=O)(=O)N(CC(N)=O)c1cc(Cl)cc(C(=O)NCc2ccc(C(=N)N)cc2NCC)c1. The summed E-state index contributed by atoms with van der Waals surface area (Å²) in [4.78, 5) is 24.4. The first-order valence-electron chi connectivity index (χ1n) is 10.6. The number of carbonyl (C=O) groups excluding carboxylic acids is 2. The molecule has 0 aliphatic heterocycles. The van der Waals surface area contributed by atoms with E-state index in [1.807, 2.05) is 6.92 Å². The molecule has 0 aliphatic rings. The largest absolute Gasteiger partial charge is 0.385 e. The second kappa shape index (κ2) is 11.7. The first-order valence-corrected chi connectivity index (χ1v) is 12.6. The van der Waals surface area contributed by atoms with Gasteiger partial charge in [-0.05, 0) is 43.2 Å². The van der Waals surface area contributed by atoms with Crippen molar-refractivity contribution < 1.29 is 18.0 Å². The van der Waals surface area contributed by atoms with Crippen LogP contribution in [0.3, 0.4) is 0 Å². The van der Waals surface area contributed by atoms with Crippen molar-refractivity contribution in [2.45, 2.75) is 26.8 Å². The van der Waals surface area contributed by atoms with E-state index in [4.69, 9.17) is 28.5 Å². The third-order valence-electron chi connectivity index (χ3n) is 4.76. The number of halogens is 1. The van der Waals surface area contributed by atoms with Crippen molar-refractivity contribution in [3.63, 3.8) is 0 Å². The number of rotatable bonds is 12. The van der Waals surface area contributed by atoms with Gasteiger partial charge in [0.25, 0.3) is 5.91 Å². The summed E-state index contributed by atoms with van der Waals surface area (Å²) in [6, 6.07) is 9.27. The number of nitrogen functional groups attached to an aromatic ring is 1. The molecular weight excluding hydrogens is 480 g/mol. The Kier molecular flexibility index (Phi) is 9.28. The van der Waals surface area contributed by atoms with Crippen LogP contribution in [0.5, 0.6) is 0 Å². The molecule has 2 amide bonds. The number of nitrogens with zero attached hydrogens (tertiary/aromatic N) is 1. The lowest BCUT2D eigenvalue weighted by Crippen LogP contribution is -2.40. The van der Waals surface area contributed by atoms with Crippen molar-refractivity contribution in [1.82, 2.24) is 5.32 Å². The third-order valence-corrected chi connectivity index (χ3v) is 6.91. The highest BCUT2D eigenvalue weighted by Gasteiger charge is 2.25. The number of anilines is 2. The number of amidine groups is 1. The summed E-state index contributed by atoms with van der Waals surface area (Å²) in [7, 11) is -3.85. The summed E-state index contributed by atoms with van der Waals surface area (Å²) < 4.78 is 26.2. The van der Waals surface area contributed by atoms with E-state index >= 15 is 0 Å². The molecule has 12 heteroatoms. The van der Waals surface area contributed by atoms with Crippen LogP contribution in [0.4, 0.5) is 11.4 Å². The Bertz CT molecular complexity index is 1190. The van der Waals surface area contributed by atoms with Gasteiger partial charge in [0.1, 0.15) is 12.4 Å². The van der Waals surface area contributed by atoms with Crippen LogP contribution in [-0.4, -0.2) is 44.9 Å². The highest BCUT2D eigenvalue weighted by molar-refractivity contribution is 7.92. The van der Waals surface area contributed by atoms with Crippen LogP contribution in [-0.2, 0) is 21.4 Å². The van der Waals surface area contributed by atoms with Crippen LogP contribution < -0.4 is 26.4 Å². The second-order valence-electron chi connectivity index (χ2n) is 7.49. The Morgan fingerprint density at radius 1 is 1.09 bits per heavy atom. The maximum Gasteiger partial charge on any atom is 0.251 e. The Hall–Kier alpha value is -3.31. The van der Waals surface area contributed by atoms with Crippen LogP contribution in [0.2, 0.25) is 5.02 Å². The molecule has 0 atom stereocenters. The number of primary amides is 1. The monoisotopic (exact) mass is 508 g/mol. The minimum Gasteiger partial charge on any atom is -0.385 e. The van der Waals surface area contributed by atoms with Crippen LogP contribution in [0.1, 0.15) is 41.8 Å². The van der Waals surface area contributed by atoms with Gasteiger partial charge in [-0.1, -0.05) is 30.7 Å². The lowest BCUT2D eigenvalue weighted by Gasteiger charge is -2.23. The fourth-order valence-electron chi connectivity index (χ4n) is 3.24. The van der Waals surface area contributed by atoms with E-state index in [9.17, 15) is 18.0 Å². The molecule has 184 valence electrons. The summed E-state index contributed by atoms with van der Waals surface area (Å²) in [6.07, 6.45) is 0.335. The zero-order chi connectivity index (χ0) is 25.5. The Balaban J connectivity index is 2.32. The minimum absolute atomic E-state index is 0.0697. The third kappa shape index (κ3) is 7.09. The molecular formula is C22H29ClN6O4S. The van der Waals surface area contributed by atoms with Crippen LogP contribution in [0.25, 0.3) is 0 Å². The van der Waals surface area contributed by atoms with Gasteiger partial charge in [-0.3, -0.25) is 19.3 Å². The van der Waals surface area contributed by atoms with Gasteiger partial charge in [-0.25, -0.2) is 8.42 Å². The molecule has 0 saturated heterocycles. The summed E-state index contributed by atoms with van der Waals surface area (Å²) in [6.45, 7) is 3.82. The van der Waals surface area contributed by atoms with E-state index in [1.165, 1.54) is 18.2 Å². The van der Waals surface area contributed by atoms with E-state index < -0.39 is 28.4 Å². The molecule has 2 aromatic rings. The molecule has 0 unspecified atom stereocenters. The van der Waals surface area contributed by atoms with Crippen molar-refractivity contribution in [2.24, 2.45) is 11.5 Å². The van der Waals surface area contributed by atoms with Crippen molar-refractivity contribution in [3.05, 3.63) is 58.1 Å². The van der Waals surface area contributed by atoms with Gasteiger partial charge in [-0.2, -0.15) is 0 Å². The summed E-state index contributed by atoms with van der Waals surface area (Å²) in [5.41, 5.74) is 13.0. The maximum absolute atomic E-state index is 12.9. The fraction of sp³-hybridized carbons (Fsp3) is 0.318. The van der Waals surface area contributed by atoms with Crippen molar-refractivity contribution in [2.75, 3.05) is 28.5 Å². The van der Waals surface area contributed by atoms with E-state index in [0.717, 1.165) is 15.6 Å². The standard InChI is InChI=1S/C22H29ClN6O4S/c1-3-7-34(32,33)29(13-20(24)30)18-9-16(8-17(23)11-18)22(31)28-12-15-6-5-14(21(25)26)10-19(15)27-4-2/h5-6,8-11,27H,3-4,7,12-13H2,1-2H3,(H2,24,30)(H3,25,26)(H,28,31). The number of hydrogen-bond donors (Lipinski definition) is 5. The molecule has 0 radical (unpaired) electrons. The molecule has 34 heavy (non-hydrogen) atoms. The van der Waals surface area contributed by atoms with Gasteiger partial charge in [0, 0.05) is 34.9 Å². The first-order chi connectivity index (χ1) is 16.0. The van der Waals surface area contributed by atoms with Gasteiger partial charge >= 0.3 is 0 Å². The molecule has 0 fully saturated rings. The number of hydrogen-bond acceptors (Lipinski definition) is 6. The predicted octanol–water partition coefficient (Wildman–Crippen LogP) is 2.02. The maximum atomic E-state index is 12.9. The molecule has 0 aromatic heterocycles. The molecule has 2 rings (SSSR count). The summed E-state index contributed by atoms with van der Waals surface area (Å²) in [5, 5.41) is 13.7. The van der Waals surface area contributed by atoms with Crippen LogP contribution in [0, 0.1) is 5.41 Å². The fourth-order valence-corrected chi connectivity index (χ4v) is 4.96. The number of amides is 2. The highest BCUT2D eigenvalue weighted by atomic mass is 35.5. The topological polar surface area (TPSA) is 171 Å². The Labute approximate surface area is 204 Å². The molecule has 2 aromatic carbocycles. The first kappa shape index (κ1) is 26.9. The van der Waals surface area contributed by atoms with Gasteiger partial charge in [0.05, 0.1) is 11.4 Å². The minimum atomic E-state index is -3.85. The number of carbonyl (C=O) groups is 2. The Morgan fingerprint density at radius 3 is 2.38 bits per heavy atom. The number of sulfonamides is 1. The van der Waals surface area contributed by atoms with E-state index in [1.54, 1.807) is 25.1 Å². The normalized spacial score (nSPS) is 11.0. The van der Waals surface area contributed by atoms with E-state index in [0.29, 0.717) is 18.5 Å². The summed E-state index contributed by atoms with van der Waals surface area (Å²) in [5.74, 6) is -1.60. The van der Waals surface area contributed by atoms with Crippen LogP contribution in [0.15, 0.2) is 36.4 Å². The molecule has 0 heterocycles. The zero-order valence-electron chi connectivity index (χ0n) is 19.0. The lowest BCUT2D eigenvalue weighted by molar-refractivity contribution is -0.116. The van der Waals surface area contributed by atoms with Crippen molar-refractivity contribution in [3.8, 4) is 0 Å². The number of nitrogens with two attached hydrogens (primary N) is 2. The molecule has 0 bridgehead atoms. The predicted molar refractivity (Wildman–Crippen MR) is 135 cm³/mol. The second-order valence-corrected chi connectivity index (χ2v) is 9.93. The highest BCUT2D eigenvalue weighted by Crippen LogP contribution is 2.26. The van der Waals surface area contributed by atoms with Crippen molar-refractivity contribution >= 4 is 50.6 Å². The van der Waals surface area contributed by atoms with Crippen molar-refractivity contribution in [1.29, 1.82) is 5.41 Å².